The first-order valence-corrected chi connectivity index (χ1v) is 7.88. The van der Waals surface area contributed by atoms with E-state index in [-0.39, 0.29) is 12.1 Å². The first kappa shape index (κ1) is 15.3. The summed E-state index contributed by atoms with van der Waals surface area (Å²) in [5, 5.41) is 2.92. The van der Waals surface area contributed by atoms with Crippen molar-refractivity contribution in [2.45, 2.75) is 25.3 Å². The molecule has 1 aromatic heterocycles. The molecule has 1 atom stereocenters. The van der Waals surface area contributed by atoms with E-state index in [1.807, 2.05) is 23.1 Å². The van der Waals surface area contributed by atoms with Crippen LogP contribution in [0.5, 0.6) is 5.88 Å². The molecule has 0 unspecified atom stereocenters. The van der Waals surface area contributed by atoms with Gasteiger partial charge in [-0.3, -0.25) is 0 Å². The zero-order valence-corrected chi connectivity index (χ0v) is 13.2. The molecule has 0 radical (unpaired) electrons. The highest BCUT2D eigenvalue weighted by atomic mass is 16.5. The summed E-state index contributed by atoms with van der Waals surface area (Å²) in [6.45, 7) is 0.784. The summed E-state index contributed by atoms with van der Waals surface area (Å²) in [5.41, 5.74) is 1.86. The summed E-state index contributed by atoms with van der Waals surface area (Å²) in [4.78, 5) is 18.6. The zero-order valence-electron chi connectivity index (χ0n) is 13.2. The molecule has 120 valence electrons. The van der Waals surface area contributed by atoms with Crippen molar-refractivity contribution in [3.05, 3.63) is 54.2 Å². The maximum absolute atomic E-state index is 12.6. The van der Waals surface area contributed by atoms with Gasteiger partial charge in [0, 0.05) is 18.8 Å². The Bertz CT molecular complexity index is 660. The van der Waals surface area contributed by atoms with Crippen LogP contribution in [0.4, 0.5) is 10.5 Å². The lowest BCUT2D eigenvalue weighted by Gasteiger charge is -2.25. The van der Waals surface area contributed by atoms with Crippen molar-refractivity contribution in [2.75, 3.05) is 19.0 Å². The number of urea groups is 1. The lowest BCUT2D eigenvalue weighted by Crippen LogP contribution is -2.39. The Morgan fingerprint density at radius 3 is 2.91 bits per heavy atom. The molecule has 2 aromatic rings. The monoisotopic (exact) mass is 311 g/mol. The van der Waals surface area contributed by atoms with Crippen LogP contribution in [0, 0.1) is 0 Å². The number of aromatic nitrogens is 1. The molecule has 5 heteroatoms. The number of methoxy groups -OCH3 is 1. The molecule has 2 amide bonds. The van der Waals surface area contributed by atoms with Crippen LogP contribution in [0.1, 0.15) is 18.4 Å². The van der Waals surface area contributed by atoms with E-state index in [0.717, 1.165) is 25.8 Å². The maximum atomic E-state index is 12.6. The van der Waals surface area contributed by atoms with Crippen LogP contribution in [0.2, 0.25) is 0 Å². The summed E-state index contributed by atoms with van der Waals surface area (Å²) < 4.78 is 5.19. The van der Waals surface area contributed by atoms with E-state index < -0.39 is 0 Å². The number of ether oxygens (including phenoxy) is 1. The standard InChI is InChI=1S/C18H21N3O2/c1-23-17-16(10-5-11-19-17)20-18(22)21-12-6-9-15(21)13-14-7-3-2-4-8-14/h2-5,7-8,10-11,15H,6,9,12-13H2,1H3,(H,20,22)/t15-/m1/s1. The van der Waals surface area contributed by atoms with Gasteiger partial charge in [-0.1, -0.05) is 30.3 Å². The normalized spacial score (nSPS) is 17.1. The van der Waals surface area contributed by atoms with Crippen LogP contribution >= 0.6 is 0 Å². The Labute approximate surface area is 136 Å². The van der Waals surface area contributed by atoms with Gasteiger partial charge in [0.05, 0.1) is 7.11 Å². The summed E-state index contributed by atoms with van der Waals surface area (Å²) in [5.74, 6) is 0.430. The molecule has 3 rings (SSSR count). The highest BCUT2D eigenvalue weighted by Gasteiger charge is 2.29. The smallest absolute Gasteiger partial charge is 0.322 e. The van der Waals surface area contributed by atoms with E-state index in [1.165, 1.54) is 5.56 Å². The van der Waals surface area contributed by atoms with Gasteiger partial charge in [0.25, 0.3) is 0 Å². The number of nitrogens with zero attached hydrogens (tertiary/aromatic N) is 2. The number of hydrogen-bond donors (Lipinski definition) is 1. The van der Waals surface area contributed by atoms with Gasteiger partial charge >= 0.3 is 6.03 Å². The average molecular weight is 311 g/mol. The van der Waals surface area contributed by atoms with E-state index in [0.29, 0.717) is 11.6 Å². The van der Waals surface area contributed by atoms with Crippen molar-refractivity contribution in [2.24, 2.45) is 0 Å². The molecule has 0 saturated carbocycles. The number of anilines is 1. The van der Waals surface area contributed by atoms with Crippen molar-refractivity contribution in [3.8, 4) is 5.88 Å². The molecule has 5 nitrogen and oxygen atoms in total. The summed E-state index contributed by atoms with van der Waals surface area (Å²) in [6.07, 6.45) is 4.60. The fraction of sp³-hybridized carbons (Fsp3) is 0.333. The van der Waals surface area contributed by atoms with Crippen molar-refractivity contribution in [1.29, 1.82) is 0 Å². The third-order valence-corrected chi connectivity index (χ3v) is 4.16. The van der Waals surface area contributed by atoms with Crippen LogP contribution in [0.25, 0.3) is 0 Å². The Morgan fingerprint density at radius 2 is 2.13 bits per heavy atom. The fourth-order valence-electron chi connectivity index (χ4n) is 3.04. The van der Waals surface area contributed by atoms with Crippen LogP contribution in [-0.4, -0.2) is 35.6 Å². The van der Waals surface area contributed by atoms with Crippen molar-refractivity contribution in [3.63, 3.8) is 0 Å². The minimum absolute atomic E-state index is 0.0882. The van der Waals surface area contributed by atoms with Gasteiger partial charge in [0.15, 0.2) is 0 Å². The molecule has 1 aliphatic rings. The van der Waals surface area contributed by atoms with Gasteiger partial charge in [0.1, 0.15) is 5.69 Å². The van der Waals surface area contributed by atoms with E-state index in [2.05, 4.69) is 22.4 Å². The number of pyridine rings is 1. The highest BCUT2D eigenvalue weighted by molar-refractivity contribution is 5.91. The second-order valence-electron chi connectivity index (χ2n) is 5.67. The third-order valence-electron chi connectivity index (χ3n) is 4.16. The van der Waals surface area contributed by atoms with E-state index in [1.54, 1.807) is 25.4 Å². The van der Waals surface area contributed by atoms with Gasteiger partial charge < -0.3 is 15.0 Å². The predicted molar refractivity (Wildman–Crippen MR) is 89.7 cm³/mol. The number of hydrogen-bond acceptors (Lipinski definition) is 3. The second-order valence-corrected chi connectivity index (χ2v) is 5.67. The Balaban J connectivity index is 1.68. The number of nitrogens with one attached hydrogen (secondary N) is 1. The molecule has 0 spiro atoms. The maximum Gasteiger partial charge on any atom is 0.322 e. The number of likely N-dealkylation sites (tertiary alicyclic amines) is 1. The number of rotatable bonds is 4. The molecule has 2 heterocycles. The largest absolute Gasteiger partial charge is 0.480 e. The topological polar surface area (TPSA) is 54.5 Å². The number of carbonyl (C=O) groups is 1. The molecule has 1 aliphatic heterocycles. The number of carbonyl (C=O) groups excluding carboxylic acids is 1. The van der Waals surface area contributed by atoms with Crippen LogP contribution < -0.4 is 10.1 Å². The zero-order chi connectivity index (χ0) is 16.1. The summed E-state index contributed by atoms with van der Waals surface area (Å²) in [7, 11) is 1.55. The van der Waals surface area contributed by atoms with Gasteiger partial charge in [0.2, 0.25) is 5.88 Å². The fourth-order valence-corrected chi connectivity index (χ4v) is 3.04. The second kappa shape index (κ2) is 7.13. The molecule has 0 aliphatic carbocycles. The first-order valence-electron chi connectivity index (χ1n) is 7.88. The molecule has 23 heavy (non-hydrogen) atoms. The molecule has 0 bridgehead atoms. The summed E-state index contributed by atoms with van der Waals surface area (Å²) in [6, 6.07) is 14.0. The van der Waals surface area contributed by atoms with E-state index >= 15 is 0 Å². The summed E-state index contributed by atoms with van der Waals surface area (Å²) >= 11 is 0. The number of amides is 2. The molecular weight excluding hydrogens is 290 g/mol. The van der Waals surface area contributed by atoms with Gasteiger partial charge in [-0.2, -0.15) is 0 Å². The van der Waals surface area contributed by atoms with E-state index in [4.69, 9.17) is 4.74 Å². The van der Waals surface area contributed by atoms with Gasteiger partial charge in [-0.25, -0.2) is 9.78 Å². The van der Waals surface area contributed by atoms with Crippen molar-refractivity contribution >= 4 is 11.7 Å². The highest BCUT2D eigenvalue weighted by Crippen LogP contribution is 2.25. The van der Waals surface area contributed by atoms with Crippen molar-refractivity contribution in [1.82, 2.24) is 9.88 Å². The van der Waals surface area contributed by atoms with Gasteiger partial charge in [-0.15, -0.1) is 0 Å². The Kier molecular flexibility index (Phi) is 4.76. The molecule has 1 N–H and O–H groups in total. The molecule has 1 aromatic carbocycles. The minimum atomic E-state index is -0.0882. The minimum Gasteiger partial charge on any atom is -0.480 e. The average Bonchev–Trinajstić information content (AvgIpc) is 3.04. The van der Waals surface area contributed by atoms with Crippen LogP contribution in [0.15, 0.2) is 48.7 Å². The lowest BCUT2D eigenvalue weighted by atomic mass is 10.0. The third kappa shape index (κ3) is 3.62. The lowest BCUT2D eigenvalue weighted by molar-refractivity contribution is 0.206. The first-order chi connectivity index (χ1) is 11.3. The van der Waals surface area contributed by atoms with E-state index in [9.17, 15) is 4.79 Å². The predicted octanol–water partition coefficient (Wildman–Crippen LogP) is 3.33. The number of benzene rings is 1. The Hall–Kier alpha value is -2.56. The van der Waals surface area contributed by atoms with Gasteiger partial charge in [-0.05, 0) is 37.0 Å². The molecule has 1 saturated heterocycles. The SMILES string of the molecule is COc1ncccc1NC(=O)N1CCC[C@@H]1Cc1ccccc1. The molecular formula is C18H21N3O2. The van der Waals surface area contributed by atoms with Crippen LogP contribution in [-0.2, 0) is 6.42 Å². The quantitative estimate of drug-likeness (QED) is 0.942. The van der Waals surface area contributed by atoms with Crippen molar-refractivity contribution < 1.29 is 9.53 Å². The molecule has 1 fully saturated rings. The van der Waals surface area contributed by atoms with Crippen LogP contribution in [0.3, 0.4) is 0 Å². The Morgan fingerprint density at radius 1 is 1.30 bits per heavy atom.